The number of Topliss-reactive ketones (excluding diaryl/α,β-unsaturated/α-hetero) is 1. The number of hydrogen-bond acceptors (Lipinski definition) is 10. The summed E-state index contributed by atoms with van der Waals surface area (Å²) in [6.07, 6.45) is 10.6. The molecule has 302 valence electrons. The Morgan fingerprint density at radius 2 is 1.79 bits per heavy atom. The molecule has 3 heterocycles. The number of ether oxygens (including phenoxy) is 3. The molecule has 1 unspecified atom stereocenters. The first kappa shape index (κ1) is 38.8. The number of ketones is 1. The van der Waals surface area contributed by atoms with Gasteiger partial charge in [-0.05, 0) is 99.5 Å². The van der Waals surface area contributed by atoms with E-state index in [0.29, 0.717) is 60.5 Å². The molecule has 2 amide bonds. The van der Waals surface area contributed by atoms with Crippen LogP contribution in [-0.4, -0.2) is 79.0 Å². The third-order valence-electron chi connectivity index (χ3n) is 13.3. The minimum Gasteiger partial charge on any atom is -0.496 e. The fourth-order valence-electron chi connectivity index (χ4n) is 9.77. The number of nitrogens with one attached hydrogen (secondary N) is 1. The summed E-state index contributed by atoms with van der Waals surface area (Å²) in [5, 5.41) is 0.318. The number of hydrogen-bond donors (Lipinski definition) is 1. The maximum absolute atomic E-state index is 14.9. The van der Waals surface area contributed by atoms with Gasteiger partial charge in [0.15, 0.2) is 5.78 Å². The van der Waals surface area contributed by atoms with Crippen LogP contribution in [0.25, 0.3) is 10.8 Å². The van der Waals surface area contributed by atoms with E-state index in [1.165, 1.54) is 36.8 Å². The zero-order valence-corrected chi connectivity index (χ0v) is 33.1. The maximum atomic E-state index is 14.9. The van der Waals surface area contributed by atoms with E-state index in [2.05, 4.69) is 16.6 Å². The van der Waals surface area contributed by atoms with Crippen molar-refractivity contribution in [1.82, 2.24) is 14.6 Å². The predicted molar refractivity (Wildman–Crippen MR) is 203 cm³/mol. The van der Waals surface area contributed by atoms with Gasteiger partial charge >= 0.3 is 5.97 Å². The van der Waals surface area contributed by atoms with Gasteiger partial charge in [-0.25, -0.2) is 17.8 Å². The van der Waals surface area contributed by atoms with Crippen LogP contribution in [0.2, 0.25) is 0 Å². The van der Waals surface area contributed by atoms with Crippen LogP contribution < -0.4 is 14.2 Å². The summed E-state index contributed by atoms with van der Waals surface area (Å²) in [6, 6.07) is 3.21. The van der Waals surface area contributed by atoms with Crippen LogP contribution in [0, 0.1) is 46.7 Å². The highest BCUT2D eigenvalue weighted by molar-refractivity contribution is 7.90. The minimum atomic E-state index is -3.87. The average Bonchev–Trinajstić information content (AvgIpc) is 4.11. The number of carbonyl (C=O) groups is 4. The lowest BCUT2D eigenvalue weighted by atomic mass is 9.82. The lowest BCUT2D eigenvalue weighted by Crippen LogP contribution is -2.47. The van der Waals surface area contributed by atoms with Gasteiger partial charge in [-0.15, -0.1) is 0 Å². The van der Waals surface area contributed by atoms with Gasteiger partial charge in [0.2, 0.25) is 27.7 Å². The molecule has 1 saturated heterocycles. The van der Waals surface area contributed by atoms with Crippen molar-refractivity contribution in [2.45, 2.75) is 114 Å². The van der Waals surface area contributed by atoms with Crippen LogP contribution in [0.4, 0.5) is 4.39 Å². The van der Waals surface area contributed by atoms with Crippen molar-refractivity contribution in [2.75, 3.05) is 13.7 Å². The molecule has 0 bridgehead atoms. The van der Waals surface area contributed by atoms with Crippen LogP contribution in [0.15, 0.2) is 36.5 Å². The number of carbonyl (C=O) groups excluding carboxylic acids is 4. The number of allylic oxidation sites excluding steroid dienone is 2. The highest BCUT2D eigenvalue weighted by Crippen LogP contribution is 2.57. The second-order valence-electron chi connectivity index (χ2n) is 17.6. The number of aromatic nitrogens is 1. The van der Waals surface area contributed by atoms with Crippen LogP contribution in [0.1, 0.15) is 90.9 Å². The molecule has 8 rings (SSSR count). The standard InChI is InChI=1S/C42H52FN3O9S/c1-23-6-4-5-7-27-20-42(27,41(50)45-56(51,52)31-8-9-31)21-36(47)35-18-30(55-39-34-16-28(43)17-37(53-3)32(34)10-11-44-39)22-46(35)40(49)33(24(2)12-23)19-38(48)54-29-14-25-13-26(25)15-29/h5,7,10-11,16-17,23-27,29-31,33,35H,4,6,8-9,12-15,18-22H2,1-3H3,(H,45,50)/b7-5-/t23-,24+,25-,26+,27+,29?,30+,33-,35-,42+/m0/s1. The summed E-state index contributed by atoms with van der Waals surface area (Å²) >= 11 is 0. The molecule has 5 fully saturated rings. The molecule has 4 saturated carbocycles. The molecule has 0 spiro atoms. The quantitative estimate of drug-likeness (QED) is 0.248. The number of halogens is 1. The molecule has 6 aliphatic rings. The summed E-state index contributed by atoms with van der Waals surface area (Å²) in [6.45, 7) is 4.08. The van der Waals surface area contributed by atoms with Crippen molar-refractivity contribution in [1.29, 1.82) is 0 Å². The van der Waals surface area contributed by atoms with E-state index in [9.17, 15) is 32.0 Å². The van der Waals surface area contributed by atoms with Gasteiger partial charge < -0.3 is 19.1 Å². The monoisotopic (exact) mass is 793 g/mol. The Morgan fingerprint density at radius 3 is 2.52 bits per heavy atom. The molecule has 12 nitrogen and oxygen atoms in total. The molecule has 1 aromatic carbocycles. The summed E-state index contributed by atoms with van der Waals surface area (Å²) in [4.78, 5) is 62.8. The van der Waals surface area contributed by atoms with E-state index in [1.807, 2.05) is 19.1 Å². The predicted octanol–water partition coefficient (Wildman–Crippen LogP) is 5.67. The van der Waals surface area contributed by atoms with Crippen molar-refractivity contribution in [3.05, 3.63) is 42.4 Å². The summed E-state index contributed by atoms with van der Waals surface area (Å²) in [7, 11) is -2.44. The third-order valence-corrected chi connectivity index (χ3v) is 15.1. The number of fused-ring (bicyclic) bond motifs is 4. The summed E-state index contributed by atoms with van der Waals surface area (Å²) < 4.78 is 60.6. The number of methoxy groups -OCH3 is 1. The van der Waals surface area contributed by atoms with E-state index in [0.717, 1.165) is 19.3 Å². The smallest absolute Gasteiger partial charge is 0.306 e. The molecule has 56 heavy (non-hydrogen) atoms. The molecule has 2 aliphatic heterocycles. The van der Waals surface area contributed by atoms with E-state index < -0.39 is 56.4 Å². The zero-order chi connectivity index (χ0) is 39.5. The molecule has 1 aromatic heterocycles. The van der Waals surface area contributed by atoms with Crippen LogP contribution in [0.3, 0.4) is 0 Å². The van der Waals surface area contributed by atoms with Crippen LogP contribution in [-0.2, 0) is 33.9 Å². The number of amides is 2. The molecular weight excluding hydrogens is 742 g/mol. The molecular formula is C42H52FN3O9S. The highest BCUT2D eigenvalue weighted by atomic mass is 32.2. The van der Waals surface area contributed by atoms with E-state index in [1.54, 1.807) is 6.07 Å². The molecule has 1 N–H and O–H groups in total. The Hall–Kier alpha value is -4.07. The van der Waals surface area contributed by atoms with E-state index in [-0.39, 0.29) is 67.2 Å². The number of rotatable bonds is 9. The topological polar surface area (TPSA) is 158 Å². The third kappa shape index (κ3) is 7.91. The first-order valence-electron chi connectivity index (χ1n) is 20.3. The minimum absolute atomic E-state index is 0.0157. The first-order valence-corrected chi connectivity index (χ1v) is 21.8. The first-order chi connectivity index (χ1) is 26.7. The Labute approximate surface area is 327 Å². The van der Waals surface area contributed by atoms with Crippen molar-refractivity contribution < 1.29 is 46.2 Å². The highest BCUT2D eigenvalue weighted by Gasteiger charge is 2.62. The SMILES string of the molecule is COc1cc(F)cc2c(O[C@@H]3C[C@H]4C(=O)C[C@]5(C(=O)NS(=O)(=O)C6CC6)C[C@H]5/C=C\CC[C@H](C)C[C@@H](C)[C@H](CC(=O)OC5C[C@@H]6C[C@@H]6C5)C(=O)N4C3)nccc12. The van der Waals surface area contributed by atoms with Gasteiger partial charge in [0.1, 0.15) is 23.8 Å². The summed E-state index contributed by atoms with van der Waals surface area (Å²) in [5.41, 5.74) is -1.28. The Morgan fingerprint density at radius 1 is 1.02 bits per heavy atom. The van der Waals surface area contributed by atoms with Gasteiger partial charge in [0.05, 0.1) is 48.1 Å². The van der Waals surface area contributed by atoms with Crippen molar-refractivity contribution >= 4 is 44.4 Å². The van der Waals surface area contributed by atoms with Gasteiger partial charge in [0.25, 0.3) is 0 Å². The Bertz CT molecular complexity index is 2040. The number of benzene rings is 1. The summed E-state index contributed by atoms with van der Waals surface area (Å²) in [5.74, 6) is -1.92. The number of pyridine rings is 1. The van der Waals surface area contributed by atoms with Crippen LogP contribution >= 0.6 is 0 Å². The normalized spacial score (nSPS) is 35.0. The molecule has 2 aromatic rings. The molecule has 0 radical (unpaired) electrons. The number of esters is 1. The van der Waals surface area contributed by atoms with Crippen molar-refractivity contribution in [3.8, 4) is 11.6 Å². The van der Waals surface area contributed by atoms with Crippen molar-refractivity contribution in [2.24, 2.45) is 40.9 Å². The van der Waals surface area contributed by atoms with E-state index >= 15 is 0 Å². The van der Waals surface area contributed by atoms with E-state index in [4.69, 9.17) is 14.2 Å². The Balaban J connectivity index is 1.11. The Kier molecular flexibility index (Phi) is 10.4. The zero-order valence-electron chi connectivity index (χ0n) is 32.3. The van der Waals surface area contributed by atoms with Gasteiger partial charge in [-0.3, -0.25) is 23.9 Å². The second kappa shape index (κ2) is 15.0. The number of sulfonamides is 1. The fourth-order valence-corrected chi connectivity index (χ4v) is 11.2. The lowest BCUT2D eigenvalue weighted by Gasteiger charge is -2.32. The van der Waals surface area contributed by atoms with Gasteiger partial charge in [0, 0.05) is 30.5 Å². The van der Waals surface area contributed by atoms with Gasteiger partial charge in [-0.1, -0.05) is 26.0 Å². The largest absolute Gasteiger partial charge is 0.496 e. The maximum Gasteiger partial charge on any atom is 0.306 e. The van der Waals surface area contributed by atoms with Crippen molar-refractivity contribution in [3.63, 3.8) is 0 Å². The van der Waals surface area contributed by atoms with Crippen LogP contribution in [0.5, 0.6) is 11.6 Å². The second-order valence-corrected chi connectivity index (χ2v) is 19.5. The lowest BCUT2D eigenvalue weighted by molar-refractivity contribution is -0.155. The number of nitrogens with zero attached hydrogens (tertiary/aromatic N) is 2. The molecule has 10 atom stereocenters. The van der Waals surface area contributed by atoms with Gasteiger partial charge in [-0.2, -0.15) is 0 Å². The fraction of sp³-hybridized carbons (Fsp3) is 0.643. The average molecular weight is 794 g/mol. The molecule has 4 aliphatic carbocycles. The molecule has 14 heteroatoms.